The van der Waals surface area contributed by atoms with Crippen LogP contribution in [0.4, 0.5) is 17.6 Å². The van der Waals surface area contributed by atoms with Gasteiger partial charge in [-0.2, -0.15) is 0 Å². The SMILES string of the molecule is CCc1ccc(C(=O)O)c(F)c1-c1cc(F)c(F)c(F)c1. The number of hydrogen-bond donors (Lipinski definition) is 1. The van der Waals surface area contributed by atoms with E-state index in [0.29, 0.717) is 24.1 Å². The molecule has 0 aliphatic heterocycles. The lowest BCUT2D eigenvalue weighted by molar-refractivity contribution is 0.0692. The lowest BCUT2D eigenvalue weighted by Crippen LogP contribution is -2.05. The molecule has 0 bridgehead atoms. The van der Waals surface area contributed by atoms with Crippen molar-refractivity contribution in [3.8, 4) is 11.1 Å². The summed E-state index contributed by atoms with van der Waals surface area (Å²) in [6.07, 6.45) is 0.312. The van der Waals surface area contributed by atoms with E-state index >= 15 is 0 Å². The first kappa shape index (κ1) is 15.0. The van der Waals surface area contributed by atoms with Crippen molar-refractivity contribution in [2.45, 2.75) is 13.3 Å². The highest BCUT2D eigenvalue weighted by molar-refractivity contribution is 5.90. The van der Waals surface area contributed by atoms with Gasteiger partial charge in [-0.15, -0.1) is 0 Å². The summed E-state index contributed by atoms with van der Waals surface area (Å²) in [5.41, 5.74) is -0.741. The maximum Gasteiger partial charge on any atom is 0.338 e. The Bertz CT molecular complexity index is 703. The van der Waals surface area contributed by atoms with E-state index in [1.807, 2.05) is 0 Å². The van der Waals surface area contributed by atoms with Crippen molar-refractivity contribution in [2.75, 3.05) is 0 Å². The molecule has 2 nitrogen and oxygen atoms in total. The van der Waals surface area contributed by atoms with E-state index in [1.54, 1.807) is 6.92 Å². The minimum Gasteiger partial charge on any atom is -0.478 e. The molecule has 0 saturated heterocycles. The monoisotopic (exact) mass is 298 g/mol. The second kappa shape index (κ2) is 5.55. The molecule has 0 aromatic heterocycles. The van der Waals surface area contributed by atoms with Crippen LogP contribution in [0.3, 0.4) is 0 Å². The zero-order valence-corrected chi connectivity index (χ0v) is 10.9. The van der Waals surface area contributed by atoms with E-state index in [1.165, 1.54) is 6.07 Å². The number of aromatic carboxylic acids is 1. The first-order valence-corrected chi connectivity index (χ1v) is 6.06. The third-order valence-corrected chi connectivity index (χ3v) is 3.11. The highest BCUT2D eigenvalue weighted by Gasteiger charge is 2.21. The lowest BCUT2D eigenvalue weighted by Gasteiger charge is -2.12. The second-order valence-corrected chi connectivity index (χ2v) is 4.37. The fraction of sp³-hybridized carbons (Fsp3) is 0.133. The van der Waals surface area contributed by atoms with E-state index in [2.05, 4.69) is 0 Å². The fourth-order valence-electron chi connectivity index (χ4n) is 2.09. The van der Waals surface area contributed by atoms with E-state index in [9.17, 15) is 22.4 Å². The van der Waals surface area contributed by atoms with Gasteiger partial charge >= 0.3 is 5.97 Å². The molecule has 2 aromatic rings. The molecule has 21 heavy (non-hydrogen) atoms. The molecule has 0 unspecified atom stereocenters. The zero-order valence-electron chi connectivity index (χ0n) is 10.9. The maximum atomic E-state index is 14.3. The summed E-state index contributed by atoms with van der Waals surface area (Å²) in [6.45, 7) is 1.68. The van der Waals surface area contributed by atoms with Crippen LogP contribution in [0, 0.1) is 23.3 Å². The minimum atomic E-state index is -1.66. The van der Waals surface area contributed by atoms with Crippen LogP contribution < -0.4 is 0 Å². The molecule has 0 radical (unpaired) electrons. The van der Waals surface area contributed by atoms with Crippen molar-refractivity contribution < 1.29 is 27.5 Å². The van der Waals surface area contributed by atoms with Crippen LogP contribution in [0.1, 0.15) is 22.8 Å². The van der Waals surface area contributed by atoms with Crippen LogP contribution in [-0.2, 0) is 6.42 Å². The fourth-order valence-corrected chi connectivity index (χ4v) is 2.09. The minimum absolute atomic E-state index is 0.241. The summed E-state index contributed by atoms with van der Waals surface area (Å²) in [5, 5.41) is 8.91. The molecule has 0 heterocycles. The normalized spacial score (nSPS) is 10.7. The van der Waals surface area contributed by atoms with Crippen molar-refractivity contribution in [1.82, 2.24) is 0 Å². The van der Waals surface area contributed by atoms with Crippen LogP contribution in [0.25, 0.3) is 11.1 Å². The maximum absolute atomic E-state index is 14.3. The summed E-state index contributed by atoms with van der Waals surface area (Å²) in [4.78, 5) is 10.9. The number of halogens is 4. The number of hydrogen-bond acceptors (Lipinski definition) is 1. The number of aryl methyl sites for hydroxylation is 1. The van der Waals surface area contributed by atoms with Crippen LogP contribution in [0.2, 0.25) is 0 Å². The smallest absolute Gasteiger partial charge is 0.338 e. The number of carbonyl (C=O) groups is 1. The lowest BCUT2D eigenvalue weighted by atomic mass is 9.94. The molecule has 0 amide bonds. The van der Waals surface area contributed by atoms with E-state index < -0.39 is 34.8 Å². The van der Waals surface area contributed by atoms with Crippen molar-refractivity contribution in [1.29, 1.82) is 0 Å². The number of benzene rings is 2. The summed E-state index contributed by atoms with van der Waals surface area (Å²) in [7, 11) is 0. The highest BCUT2D eigenvalue weighted by atomic mass is 19.2. The van der Waals surface area contributed by atoms with Gasteiger partial charge in [-0.25, -0.2) is 22.4 Å². The standard InChI is InChI=1S/C15H10F4O2/c1-2-7-3-4-9(15(20)21)13(18)12(7)8-5-10(16)14(19)11(17)6-8/h3-6H,2H2,1H3,(H,20,21). The topological polar surface area (TPSA) is 37.3 Å². The Kier molecular flexibility index (Phi) is 3.97. The Balaban J connectivity index is 2.78. The van der Waals surface area contributed by atoms with Gasteiger partial charge in [-0.1, -0.05) is 13.0 Å². The predicted molar refractivity (Wildman–Crippen MR) is 68.0 cm³/mol. The third-order valence-electron chi connectivity index (χ3n) is 3.11. The Labute approximate surface area is 117 Å². The number of carboxylic acid groups (broad SMARTS) is 1. The quantitative estimate of drug-likeness (QED) is 0.682. The molecule has 0 spiro atoms. The van der Waals surface area contributed by atoms with E-state index in [4.69, 9.17) is 5.11 Å². The van der Waals surface area contributed by atoms with Gasteiger partial charge in [0, 0.05) is 5.56 Å². The molecule has 110 valence electrons. The number of carboxylic acids is 1. The molecular weight excluding hydrogens is 288 g/mol. The molecule has 2 rings (SSSR count). The predicted octanol–water partition coefficient (Wildman–Crippen LogP) is 4.17. The van der Waals surface area contributed by atoms with Crippen LogP contribution in [0.15, 0.2) is 24.3 Å². The van der Waals surface area contributed by atoms with Crippen molar-refractivity contribution in [2.24, 2.45) is 0 Å². The molecular formula is C15H10F4O2. The highest BCUT2D eigenvalue weighted by Crippen LogP contribution is 2.31. The number of rotatable bonds is 3. The summed E-state index contributed by atoms with van der Waals surface area (Å²) in [6, 6.07) is 3.72. The Morgan fingerprint density at radius 3 is 2.10 bits per heavy atom. The molecule has 1 N–H and O–H groups in total. The van der Waals surface area contributed by atoms with Gasteiger partial charge in [-0.05, 0) is 35.7 Å². The van der Waals surface area contributed by atoms with Gasteiger partial charge < -0.3 is 5.11 Å². The largest absolute Gasteiger partial charge is 0.478 e. The molecule has 2 aromatic carbocycles. The Morgan fingerprint density at radius 1 is 1.05 bits per heavy atom. The summed E-state index contributed by atoms with van der Waals surface area (Å²) < 4.78 is 53.9. The van der Waals surface area contributed by atoms with Crippen LogP contribution in [0.5, 0.6) is 0 Å². The van der Waals surface area contributed by atoms with Crippen LogP contribution >= 0.6 is 0 Å². The van der Waals surface area contributed by atoms with E-state index in [-0.39, 0.29) is 11.1 Å². The van der Waals surface area contributed by atoms with Crippen LogP contribution in [-0.4, -0.2) is 11.1 Å². The average molecular weight is 298 g/mol. The van der Waals surface area contributed by atoms with Crippen molar-refractivity contribution in [3.63, 3.8) is 0 Å². The van der Waals surface area contributed by atoms with Gasteiger partial charge in [-0.3, -0.25) is 0 Å². The Hall–Kier alpha value is -2.37. The van der Waals surface area contributed by atoms with Crippen molar-refractivity contribution in [3.05, 3.63) is 58.7 Å². The molecule has 6 heteroatoms. The molecule has 0 aliphatic rings. The first-order chi connectivity index (χ1) is 9.86. The molecule has 0 fully saturated rings. The molecule has 0 saturated carbocycles. The first-order valence-electron chi connectivity index (χ1n) is 6.06. The zero-order chi connectivity index (χ0) is 15.7. The van der Waals surface area contributed by atoms with Gasteiger partial charge in [0.25, 0.3) is 0 Å². The van der Waals surface area contributed by atoms with Gasteiger partial charge in [0.15, 0.2) is 17.5 Å². The van der Waals surface area contributed by atoms with Gasteiger partial charge in [0.2, 0.25) is 0 Å². The van der Waals surface area contributed by atoms with Crippen molar-refractivity contribution >= 4 is 5.97 Å². The van der Waals surface area contributed by atoms with Gasteiger partial charge in [0.1, 0.15) is 5.82 Å². The third kappa shape index (κ3) is 2.61. The molecule has 0 aliphatic carbocycles. The summed E-state index contributed by atoms with van der Waals surface area (Å²) in [5.74, 6) is -7.20. The summed E-state index contributed by atoms with van der Waals surface area (Å²) >= 11 is 0. The van der Waals surface area contributed by atoms with Gasteiger partial charge in [0.05, 0.1) is 5.56 Å². The Morgan fingerprint density at radius 2 is 1.62 bits per heavy atom. The average Bonchev–Trinajstić information content (AvgIpc) is 2.43. The van der Waals surface area contributed by atoms with E-state index in [0.717, 1.165) is 6.07 Å². The second-order valence-electron chi connectivity index (χ2n) is 4.37. The molecule has 0 atom stereocenters.